The monoisotopic (exact) mass is 280 g/mol. The Morgan fingerprint density at radius 3 is 3.06 bits per heavy atom. The van der Waals surface area contributed by atoms with E-state index < -0.39 is 0 Å². The van der Waals surface area contributed by atoms with Crippen LogP contribution in [0.3, 0.4) is 0 Å². The number of aromatic nitrogens is 1. The second-order valence-corrected chi connectivity index (χ2v) is 6.70. The van der Waals surface area contributed by atoms with E-state index in [0.717, 1.165) is 34.7 Å². The lowest BCUT2D eigenvalue weighted by Gasteiger charge is -2.30. The highest BCUT2D eigenvalue weighted by Crippen LogP contribution is 2.34. The molecular formula is C14H17ClN2S. The fourth-order valence-electron chi connectivity index (χ4n) is 2.64. The van der Waals surface area contributed by atoms with Gasteiger partial charge in [0, 0.05) is 18.1 Å². The van der Waals surface area contributed by atoms with E-state index in [1.807, 2.05) is 12.1 Å². The number of halogens is 1. The van der Waals surface area contributed by atoms with Crippen molar-refractivity contribution in [1.82, 2.24) is 4.98 Å². The van der Waals surface area contributed by atoms with E-state index in [2.05, 4.69) is 18.7 Å². The Kier molecular flexibility index (Phi) is 3.20. The highest BCUT2D eigenvalue weighted by atomic mass is 35.5. The standard InChI is InChI=1S/C14H17ClN2S/c1-9-4-3-5-17(8-9)14-16-13-10(2)6-11(15)7-12(13)18-14/h6-7,9H,3-5,8H2,1-2H3. The molecule has 0 N–H and O–H groups in total. The number of hydrogen-bond acceptors (Lipinski definition) is 3. The number of thiazole rings is 1. The summed E-state index contributed by atoms with van der Waals surface area (Å²) in [6.07, 6.45) is 2.61. The highest BCUT2D eigenvalue weighted by molar-refractivity contribution is 7.22. The van der Waals surface area contributed by atoms with Gasteiger partial charge in [-0.1, -0.05) is 29.9 Å². The summed E-state index contributed by atoms with van der Waals surface area (Å²) in [6, 6.07) is 4.02. The summed E-state index contributed by atoms with van der Waals surface area (Å²) >= 11 is 7.87. The van der Waals surface area contributed by atoms with Crippen molar-refractivity contribution in [3.63, 3.8) is 0 Å². The molecule has 1 saturated heterocycles. The van der Waals surface area contributed by atoms with Crippen molar-refractivity contribution in [2.24, 2.45) is 5.92 Å². The number of benzene rings is 1. The van der Waals surface area contributed by atoms with Crippen LogP contribution in [0.1, 0.15) is 25.3 Å². The van der Waals surface area contributed by atoms with Crippen LogP contribution < -0.4 is 4.90 Å². The minimum absolute atomic E-state index is 0.774. The Hall–Kier alpha value is -0.800. The molecule has 0 radical (unpaired) electrons. The first-order chi connectivity index (χ1) is 8.63. The maximum Gasteiger partial charge on any atom is 0.186 e. The Morgan fingerprint density at radius 1 is 1.44 bits per heavy atom. The molecule has 1 aromatic heterocycles. The second kappa shape index (κ2) is 4.71. The normalized spacial score (nSPS) is 20.6. The topological polar surface area (TPSA) is 16.1 Å². The zero-order valence-corrected chi connectivity index (χ0v) is 12.3. The predicted octanol–water partition coefficient (Wildman–Crippen LogP) is 4.49. The van der Waals surface area contributed by atoms with Gasteiger partial charge in [0.15, 0.2) is 5.13 Å². The van der Waals surface area contributed by atoms with Crippen molar-refractivity contribution in [1.29, 1.82) is 0 Å². The molecule has 2 aromatic rings. The molecule has 96 valence electrons. The fraction of sp³-hybridized carbons (Fsp3) is 0.500. The summed E-state index contributed by atoms with van der Waals surface area (Å²) in [5, 5.41) is 1.96. The molecular weight excluding hydrogens is 264 g/mol. The number of anilines is 1. The molecule has 1 aliphatic heterocycles. The maximum atomic E-state index is 6.11. The Bertz CT molecular complexity index is 578. The molecule has 1 unspecified atom stereocenters. The number of nitrogens with zero attached hydrogens (tertiary/aromatic N) is 2. The van der Waals surface area contributed by atoms with Gasteiger partial charge in [-0.15, -0.1) is 0 Å². The maximum absolute atomic E-state index is 6.11. The van der Waals surface area contributed by atoms with Crippen LogP contribution in [0.2, 0.25) is 5.02 Å². The van der Waals surface area contributed by atoms with Crippen LogP contribution in [0.5, 0.6) is 0 Å². The molecule has 18 heavy (non-hydrogen) atoms. The van der Waals surface area contributed by atoms with Crippen molar-refractivity contribution in [3.05, 3.63) is 22.7 Å². The SMILES string of the molecule is Cc1cc(Cl)cc2sc(N3CCCC(C)C3)nc12. The first kappa shape index (κ1) is 12.2. The van der Waals surface area contributed by atoms with E-state index in [1.54, 1.807) is 11.3 Å². The Balaban J connectivity index is 2.00. The van der Waals surface area contributed by atoms with Gasteiger partial charge in [-0.25, -0.2) is 4.98 Å². The lowest BCUT2D eigenvalue weighted by molar-refractivity contribution is 0.446. The summed E-state index contributed by atoms with van der Waals surface area (Å²) < 4.78 is 1.20. The molecule has 1 atom stereocenters. The second-order valence-electron chi connectivity index (χ2n) is 5.26. The number of rotatable bonds is 1. The van der Waals surface area contributed by atoms with Gasteiger partial charge >= 0.3 is 0 Å². The van der Waals surface area contributed by atoms with E-state index in [9.17, 15) is 0 Å². The molecule has 0 saturated carbocycles. The molecule has 1 aromatic carbocycles. The smallest absolute Gasteiger partial charge is 0.186 e. The van der Waals surface area contributed by atoms with Gasteiger partial charge in [0.2, 0.25) is 0 Å². The van der Waals surface area contributed by atoms with Crippen molar-refractivity contribution in [2.45, 2.75) is 26.7 Å². The molecule has 4 heteroatoms. The Morgan fingerprint density at radius 2 is 2.28 bits per heavy atom. The molecule has 0 aliphatic carbocycles. The summed E-state index contributed by atoms with van der Waals surface area (Å²) in [5.41, 5.74) is 2.28. The van der Waals surface area contributed by atoms with E-state index in [1.165, 1.54) is 23.1 Å². The lowest BCUT2D eigenvalue weighted by Crippen LogP contribution is -2.34. The van der Waals surface area contributed by atoms with Gasteiger partial charge < -0.3 is 4.90 Å². The predicted molar refractivity (Wildman–Crippen MR) is 80.0 cm³/mol. The van der Waals surface area contributed by atoms with Crippen molar-refractivity contribution in [2.75, 3.05) is 18.0 Å². The van der Waals surface area contributed by atoms with Gasteiger partial charge in [-0.3, -0.25) is 0 Å². The Labute approximate surface area is 117 Å². The molecule has 1 aliphatic rings. The number of hydrogen-bond donors (Lipinski definition) is 0. The molecule has 2 heterocycles. The van der Waals surface area contributed by atoms with Gasteiger partial charge in [-0.05, 0) is 43.4 Å². The highest BCUT2D eigenvalue weighted by Gasteiger charge is 2.19. The quantitative estimate of drug-likeness (QED) is 0.765. The summed E-state index contributed by atoms with van der Waals surface area (Å²) in [4.78, 5) is 7.22. The molecule has 0 spiro atoms. The number of fused-ring (bicyclic) bond motifs is 1. The number of piperidine rings is 1. The third-order valence-electron chi connectivity index (χ3n) is 3.57. The van der Waals surface area contributed by atoms with Crippen molar-refractivity contribution >= 4 is 38.3 Å². The van der Waals surface area contributed by atoms with E-state index in [4.69, 9.17) is 16.6 Å². The van der Waals surface area contributed by atoms with Crippen molar-refractivity contribution < 1.29 is 0 Å². The van der Waals surface area contributed by atoms with Crippen LogP contribution >= 0.6 is 22.9 Å². The summed E-state index contributed by atoms with van der Waals surface area (Å²) in [5.74, 6) is 0.774. The van der Waals surface area contributed by atoms with Crippen LogP contribution in [0, 0.1) is 12.8 Å². The molecule has 0 amide bonds. The third-order valence-corrected chi connectivity index (χ3v) is 4.85. The van der Waals surface area contributed by atoms with Crippen LogP contribution in [-0.4, -0.2) is 18.1 Å². The summed E-state index contributed by atoms with van der Waals surface area (Å²) in [6.45, 7) is 6.67. The fourth-order valence-corrected chi connectivity index (χ4v) is 4.10. The van der Waals surface area contributed by atoms with Gasteiger partial charge in [0.05, 0.1) is 10.2 Å². The molecule has 2 nitrogen and oxygen atoms in total. The van der Waals surface area contributed by atoms with Crippen LogP contribution in [0.4, 0.5) is 5.13 Å². The average molecular weight is 281 g/mol. The first-order valence-corrected chi connectivity index (χ1v) is 7.64. The first-order valence-electron chi connectivity index (χ1n) is 6.45. The van der Waals surface area contributed by atoms with E-state index >= 15 is 0 Å². The van der Waals surface area contributed by atoms with Crippen molar-refractivity contribution in [3.8, 4) is 0 Å². The molecule has 0 bridgehead atoms. The van der Waals surface area contributed by atoms with Gasteiger partial charge in [-0.2, -0.15) is 0 Å². The summed E-state index contributed by atoms with van der Waals surface area (Å²) in [7, 11) is 0. The van der Waals surface area contributed by atoms with Gasteiger partial charge in [0.25, 0.3) is 0 Å². The van der Waals surface area contributed by atoms with Crippen LogP contribution in [0.15, 0.2) is 12.1 Å². The number of aryl methyl sites for hydroxylation is 1. The lowest BCUT2D eigenvalue weighted by atomic mass is 10.0. The largest absolute Gasteiger partial charge is 0.348 e. The molecule has 3 rings (SSSR count). The van der Waals surface area contributed by atoms with Crippen LogP contribution in [0.25, 0.3) is 10.2 Å². The van der Waals surface area contributed by atoms with Crippen LogP contribution in [-0.2, 0) is 0 Å². The van der Waals surface area contributed by atoms with E-state index in [-0.39, 0.29) is 0 Å². The van der Waals surface area contributed by atoms with E-state index in [0.29, 0.717) is 0 Å². The minimum Gasteiger partial charge on any atom is -0.348 e. The third kappa shape index (κ3) is 2.21. The van der Waals surface area contributed by atoms with Gasteiger partial charge in [0.1, 0.15) is 0 Å². The average Bonchev–Trinajstić information content (AvgIpc) is 2.73. The zero-order valence-electron chi connectivity index (χ0n) is 10.7. The molecule has 1 fully saturated rings. The zero-order chi connectivity index (χ0) is 12.7. The minimum atomic E-state index is 0.774.